The summed E-state index contributed by atoms with van der Waals surface area (Å²) in [6.45, 7) is 5.90. The number of aromatic nitrogens is 1. The number of nitrogens with zero attached hydrogens (tertiary/aromatic N) is 2. The molecule has 1 aromatic carbocycles. The van der Waals surface area contributed by atoms with Crippen molar-refractivity contribution < 1.29 is 4.74 Å². The number of benzene rings is 1. The molecule has 2 rings (SSSR count). The van der Waals surface area contributed by atoms with Crippen molar-refractivity contribution in [1.82, 2.24) is 4.98 Å². The molecule has 0 fully saturated rings. The molecule has 0 aliphatic heterocycles. The third-order valence-corrected chi connectivity index (χ3v) is 3.71. The van der Waals surface area contributed by atoms with Gasteiger partial charge >= 0.3 is 0 Å². The first kappa shape index (κ1) is 12.7. The number of hydrogen-bond donors (Lipinski definition) is 0. The van der Waals surface area contributed by atoms with Gasteiger partial charge in [-0.05, 0) is 31.9 Å². The van der Waals surface area contributed by atoms with Gasteiger partial charge in [0.25, 0.3) is 0 Å². The number of halogens is 1. The number of ether oxygens (including phenoxy) is 1. The Morgan fingerprint density at radius 3 is 2.44 bits per heavy atom. The van der Waals surface area contributed by atoms with E-state index in [4.69, 9.17) is 21.6 Å². The lowest BCUT2D eigenvalue weighted by Gasteiger charge is -2.15. The van der Waals surface area contributed by atoms with Crippen molar-refractivity contribution in [2.24, 2.45) is 0 Å². The standard InChI is InChI=1S/C14H13ClN2O/c1-7-8(2)14(18-4)9(3)13-11(7)12(15)10(5-16)6-17-13/h6H,1-4H3. The molecule has 0 saturated carbocycles. The molecule has 18 heavy (non-hydrogen) atoms. The fourth-order valence-corrected chi connectivity index (χ4v) is 2.57. The minimum absolute atomic E-state index is 0.399. The number of pyridine rings is 1. The number of methoxy groups -OCH3 is 1. The molecule has 0 aliphatic rings. The van der Waals surface area contributed by atoms with E-state index in [0.717, 1.165) is 33.3 Å². The minimum atomic E-state index is 0.399. The fraction of sp³-hybridized carbons (Fsp3) is 0.286. The molecule has 2 aromatic rings. The molecule has 0 N–H and O–H groups in total. The third-order valence-electron chi connectivity index (χ3n) is 3.31. The number of rotatable bonds is 1. The SMILES string of the molecule is COc1c(C)c(C)c2c(Cl)c(C#N)cnc2c1C. The highest BCUT2D eigenvalue weighted by Gasteiger charge is 2.17. The zero-order valence-electron chi connectivity index (χ0n) is 10.8. The summed E-state index contributed by atoms with van der Waals surface area (Å²) < 4.78 is 5.41. The molecule has 1 heterocycles. The van der Waals surface area contributed by atoms with Crippen molar-refractivity contribution in [2.45, 2.75) is 20.8 Å². The average molecular weight is 261 g/mol. The quantitative estimate of drug-likeness (QED) is 0.785. The normalized spacial score (nSPS) is 10.4. The second kappa shape index (κ2) is 4.47. The first-order valence-electron chi connectivity index (χ1n) is 5.55. The Morgan fingerprint density at radius 1 is 1.22 bits per heavy atom. The van der Waals surface area contributed by atoms with E-state index in [1.807, 2.05) is 20.8 Å². The van der Waals surface area contributed by atoms with Crippen LogP contribution in [0.5, 0.6) is 5.75 Å². The van der Waals surface area contributed by atoms with Gasteiger partial charge in [-0.3, -0.25) is 4.98 Å². The van der Waals surface area contributed by atoms with E-state index >= 15 is 0 Å². The molecule has 0 saturated heterocycles. The van der Waals surface area contributed by atoms with Gasteiger partial charge in [-0.1, -0.05) is 11.6 Å². The van der Waals surface area contributed by atoms with Crippen molar-refractivity contribution in [3.8, 4) is 11.8 Å². The monoisotopic (exact) mass is 260 g/mol. The van der Waals surface area contributed by atoms with Crippen LogP contribution in [0.15, 0.2) is 6.20 Å². The Labute approximate surface area is 111 Å². The van der Waals surface area contributed by atoms with E-state index in [1.54, 1.807) is 7.11 Å². The van der Waals surface area contributed by atoms with E-state index in [1.165, 1.54) is 6.20 Å². The summed E-state index contributed by atoms with van der Waals surface area (Å²) in [6, 6.07) is 2.06. The van der Waals surface area contributed by atoms with Gasteiger partial charge in [-0.25, -0.2) is 0 Å². The minimum Gasteiger partial charge on any atom is -0.496 e. The Hall–Kier alpha value is -1.79. The van der Waals surface area contributed by atoms with Crippen LogP contribution in [-0.2, 0) is 0 Å². The van der Waals surface area contributed by atoms with E-state index in [-0.39, 0.29) is 0 Å². The maximum Gasteiger partial charge on any atom is 0.127 e. The third kappa shape index (κ3) is 1.61. The van der Waals surface area contributed by atoms with Crippen LogP contribution in [0.4, 0.5) is 0 Å². The second-order valence-electron chi connectivity index (χ2n) is 4.23. The zero-order chi connectivity index (χ0) is 13.4. The van der Waals surface area contributed by atoms with Gasteiger partial charge in [0.1, 0.15) is 11.8 Å². The van der Waals surface area contributed by atoms with Crippen LogP contribution in [0.25, 0.3) is 10.9 Å². The number of fused-ring (bicyclic) bond motifs is 1. The Morgan fingerprint density at radius 2 is 1.89 bits per heavy atom. The first-order valence-corrected chi connectivity index (χ1v) is 5.92. The smallest absolute Gasteiger partial charge is 0.127 e. The molecule has 4 heteroatoms. The van der Waals surface area contributed by atoms with Crippen LogP contribution in [0.2, 0.25) is 5.02 Å². The van der Waals surface area contributed by atoms with Gasteiger partial charge in [-0.15, -0.1) is 0 Å². The number of aryl methyl sites for hydroxylation is 2. The maximum atomic E-state index is 9.01. The molecule has 0 unspecified atom stereocenters. The van der Waals surface area contributed by atoms with Crippen LogP contribution >= 0.6 is 11.6 Å². The molecule has 0 atom stereocenters. The largest absolute Gasteiger partial charge is 0.496 e. The molecule has 0 radical (unpaired) electrons. The van der Waals surface area contributed by atoms with Gasteiger partial charge in [-0.2, -0.15) is 5.26 Å². The second-order valence-corrected chi connectivity index (χ2v) is 4.61. The lowest BCUT2D eigenvalue weighted by molar-refractivity contribution is 0.409. The highest BCUT2D eigenvalue weighted by molar-refractivity contribution is 6.37. The van der Waals surface area contributed by atoms with Crippen LogP contribution in [0.3, 0.4) is 0 Å². The molecule has 3 nitrogen and oxygen atoms in total. The van der Waals surface area contributed by atoms with Crippen molar-refractivity contribution >= 4 is 22.5 Å². The summed E-state index contributed by atoms with van der Waals surface area (Å²) in [5, 5.41) is 10.3. The molecule has 0 bridgehead atoms. The maximum absolute atomic E-state index is 9.01. The summed E-state index contributed by atoms with van der Waals surface area (Å²) in [6.07, 6.45) is 1.51. The fourth-order valence-electron chi connectivity index (χ4n) is 2.25. The molecular weight excluding hydrogens is 248 g/mol. The predicted octanol–water partition coefficient (Wildman–Crippen LogP) is 3.69. The van der Waals surface area contributed by atoms with E-state index in [2.05, 4.69) is 11.1 Å². The van der Waals surface area contributed by atoms with Gasteiger partial charge < -0.3 is 4.74 Å². The van der Waals surface area contributed by atoms with Crippen molar-refractivity contribution in [2.75, 3.05) is 7.11 Å². The molecule has 0 aliphatic carbocycles. The molecule has 0 amide bonds. The van der Waals surface area contributed by atoms with E-state index in [0.29, 0.717) is 10.6 Å². The lowest BCUT2D eigenvalue weighted by Crippen LogP contribution is -1.99. The first-order chi connectivity index (χ1) is 8.52. The highest BCUT2D eigenvalue weighted by atomic mass is 35.5. The van der Waals surface area contributed by atoms with E-state index < -0.39 is 0 Å². The summed E-state index contributed by atoms with van der Waals surface area (Å²) in [5.41, 5.74) is 4.17. The van der Waals surface area contributed by atoms with Crippen molar-refractivity contribution in [3.63, 3.8) is 0 Å². The van der Waals surface area contributed by atoms with Gasteiger partial charge in [0.05, 0.1) is 23.2 Å². The van der Waals surface area contributed by atoms with Gasteiger partial charge in [0, 0.05) is 17.1 Å². The summed E-state index contributed by atoms with van der Waals surface area (Å²) in [5.74, 6) is 0.827. The van der Waals surface area contributed by atoms with Crippen LogP contribution in [0.1, 0.15) is 22.3 Å². The number of nitriles is 1. The highest BCUT2D eigenvalue weighted by Crippen LogP contribution is 2.37. The average Bonchev–Trinajstić information content (AvgIpc) is 2.36. The summed E-state index contributed by atoms with van der Waals surface area (Å²) in [4.78, 5) is 4.34. The van der Waals surface area contributed by atoms with Gasteiger partial charge in [0.2, 0.25) is 0 Å². The predicted molar refractivity (Wildman–Crippen MR) is 72.2 cm³/mol. The van der Waals surface area contributed by atoms with Crippen LogP contribution < -0.4 is 4.74 Å². The topological polar surface area (TPSA) is 45.9 Å². The zero-order valence-corrected chi connectivity index (χ0v) is 11.5. The molecule has 92 valence electrons. The molecular formula is C14H13ClN2O. The van der Waals surface area contributed by atoms with Crippen LogP contribution in [-0.4, -0.2) is 12.1 Å². The molecule has 1 aromatic heterocycles. The van der Waals surface area contributed by atoms with Crippen molar-refractivity contribution in [1.29, 1.82) is 5.26 Å². The Kier molecular flexibility index (Phi) is 3.14. The van der Waals surface area contributed by atoms with Gasteiger partial charge in [0.15, 0.2) is 0 Å². The number of hydrogen-bond acceptors (Lipinski definition) is 3. The molecule has 0 spiro atoms. The summed E-state index contributed by atoms with van der Waals surface area (Å²) in [7, 11) is 1.64. The van der Waals surface area contributed by atoms with E-state index in [9.17, 15) is 0 Å². The lowest BCUT2D eigenvalue weighted by atomic mass is 9.98. The van der Waals surface area contributed by atoms with Crippen LogP contribution in [0, 0.1) is 32.1 Å². The summed E-state index contributed by atoms with van der Waals surface area (Å²) >= 11 is 6.28. The Balaban J connectivity index is 3.04. The van der Waals surface area contributed by atoms with Crippen molar-refractivity contribution in [3.05, 3.63) is 33.5 Å². The Bertz CT molecular complexity index is 687.